The van der Waals surface area contributed by atoms with Crippen LogP contribution in [0.4, 0.5) is 0 Å². The van der Waals surface area contributed by atoms with E-state index in [1.807, 2.05) is 67.6 Å². The molecule has 6 nitrogen and oxygen atoms in total. The molecule has 0 saturated carbocycles. The minimum atomic E-state index is -0.971. The van der Waals surface area contributed by atoms with Crippen molar-refractivity contribution in [1.29, 1.82) is 0 Å². The van der Waals surface area contributed by atoms with Crippen LogP contribution in [0.25, 0.3) is 0 Å². The number of aliphatic carboxylic acids is 1. The summed E-state index contributed by atoms with van der Waals surface area (Å²) >= 11 is 0. The number of rotatable bonds is 6. The summed E-state index contributed by atoms with van der Waals surface area (Å²) in [6.45, 7) is 4.43. The van der Waals surface area contributed by atoms with Crippen molar-refractivity contribution < 1.29 is 28.9 Å². The number of carbonyl (C=O) groups excluding carboxylic acids is 1. The van der Waals surface area contributed by atoms with Crippen LogP contribution in [0.1, 0.15) is 37.5 Å². The molecule has 4 rings (SSSR count). The van der Waals surface area contributed by atoms with Gasteiger partial charge in [-0.05, 0) is 24.5 Å². The Hall–Kier alpha value is -2.70. The smallest absolute Gasteiger partial charge is 0.345 e. The van der Waals surface area contributed by atoms with E-state index in [1.54, 1.807) is 6.92 Å². The highest BCUT2D eigenvalue weighted by Gasteiger charge is 2.62. The first-order chi connectivity index (χ1) is 13.5. The molecule has 0 aromatic heterocycles. The fourth-order valence-electron chi connectivity index (χ4n) is 3.15. The molecule has 0 aliphatic carbocycles. The summed E-state index contributed by atoms with van der Waals surface area (Å²) in [6, 6.07) is 18.9. The number of epoxide rings is 2. The molecular formula is C22H24O6. The number of esters is 1. The van der Waals surface area contributed by atoms with Crippen LogP contribution in [0.3, 0.4) is 0 Å². The Balaban J connectivity index is 0.000000161. The molecule has 148 valence electrons. The van der Waals surface area contributed by atoms with Crippen molar-refractivity contribution in [3.8, 4) is 0 Å². The molecule has 6 heteroatoms. The molecule has 1 N–H and O–H groups in total. The fraction of sp³-hybridized carbons (Fsp3) is 0.364. The van der Waals surface area contributed by atoms with Crippen LogP contribution in [0.15, 0.2) is 60.7 Å². The van der Waals surface area contributed by atoms with Crippen molar-refractivity contribution >= 4 is 11.9 Å². The number of carbonyl (C=O) groups is 2. The normalized spacial score (nSPS) is 27.1. The van der Waals surface area contributed by atoms with Gasteiger partial charge in [-0.1, -0.05) is 67.6 Å². The molecule has 2 fully saturated rings. The van der Waals surface area contributed by atoms with Crippen molar-refractivity contribution in [2.75, 3.05) is 13.2 Å². The van der Waals surface area contributed by atoms with Gasteiger partial charge in [-0.25, -0.2) is 9.59 Å². The molecule has 0 amide bonds. The Kier molecular flexibility index (Phi) is 5.82. The molecule has 2 aromatic rings. The van der Waals surface area contributed by atoms with Crippen molar-refractivity contribution in [3.05, 3.63) is 71.8 Å². The van der Waals surface area contributed by atoms with Gasteiger partial charge >= 0.3 is 11.9 Å². The molecule has 0 bridgehead atoms. The summed E-state index contributed by atoms with van der Waals surface area (Å²) in [5.74, 6) is -1.15. The Labute approximate surface area is 164 Å². The van der Waals surface area contributed by atoms with Gasteiger partial charge in [0.25, 0.3) is 0 Å². The van der Waals surface area contributed by atoms with E-state index in [4.69, 9.17) is 19.3 Å². The van der Waals surface area contributed by atoms with Crippen LogP contribution in [-0.2, 0) is 29.4 Å². The Morgan fingerprint density at radius 1 is 1.07 bits per heavy atom. The molecule has 3 unspecified atom stereocenters. The average molecular weight is 384 g/mol. The maximum atomic E-state index is 11.6. The van der Waals surface area contributed by atoms with E-state index >= 15 is 0 Å². The zero-order valence-corrected chi connectivity index (χ0v) is 16.0. The Bertz CT molecular complexity index is 815. The third-order valence-corrected chi connectivity index (χ3v) is 4.96. The monoisotopic (exact) mass is 384 g/mol. The van der Waals surface area contributed by atoms with Crippen molar-refractivity contribution in [2.45, 2.75) is 37.6 Å². The summed E-state index contributed by atoms with van der Waals surface area (Å²) in [5.41, 5.74) is 0.0359. The van der Waals surface area contributed by atoms with Gasteiger partial charge in [0.15, 0.2) is 5.60 Å². The van der Waals surface area contributed by atoms with Crippen LogP contribution < -0.4 is 0 Å². The van der Waals surface area contributed by atoms with Crippen LogP contribution in [0.5, 0.6) is 0 Å². The lowest BCUT2D eigenvalue weighted by molar-refractivity contribution is -0.150. The molecule has 2 aliphatic rings. The van der Waals surface area contributed by atoms with Gasteiger partial charge in [-0.3, -0.25) is 0 Å². The summed E-state index contributed by atoms with van der Waals surface area (Å²) in [7, 11) is 0. The number of carboxylic acid groups (broad SMARTS) is 1. The number of hydrogen-bond donors (Lipinski definition) is 1. The zero-order valence-electron chi connectivity index (χ0n) is 16.0. The lowest BCUT2D eigenvalue weighted by atomic mass is 9.97. The van der Waals surface area contributed by atoms with Crippen LogP contribution in [0.2, 0.25) is 0 Å². The van der Waals surface area contributed by atoms with E-state index in [9.17, 15) is 9.59 Å². The van der Waals surface area contributed by atoms with Crippen molar-refractivity contribution in [3.63, 3.8) is 0 Å². The highest BCUT2D eigenvalue weighted by molar-refractivity contribution is 5.84. The van der Waals surface area contributed by atoms with Crippen LogP contribution in [0, 0.1) is 0 Å². The van der Waals surface area contributed by atoms with Gasteiger partial charge in [0, 0.05) is 0 Å². The van der Waals surface area contributed by atoms with E-state index in [1.165, 1.54) is 0 Å². The summed E-state index contributed by atoms with van der Waals surface area (Å²) in [6.07, 6.45) is 0.230. The molecule has 3 atom stereocenters. The topological polar surface area (TPSA) is 88.7 Å². The first-order valence-corrected chi connectivity index (χ1v) is 9.33. The number of ether oxygens (including phenoxy) is 3. The quantitative estimate of drug-likeness (QED) is 0.606. The van der Waals surface area contributed by atoms with E-state index in [2.05, 4.69) is 0 Å². The fourth-order valence-corrected chi connectivity index (χ4v) is 3.15. The summed E-state index contributed by atoms with van der Waals surface area (Å²) < 4.78 is 15.5. The zero-order chi connectivity index (χ0) is 20.2. The first-order valence-electron chi connectivity index (χ1n) is 9.33. The maximum Gasteiger partial charge on any atom is 0.345 e. The molecule has 2 aliphatic heterocycles. The van der Waals surface area contributed by atoms with Gasteiger partial charge < -0.3 is 19.3 Å². The minimum Gasteiger partial charge on any atom is -0.479 e. The van der Waals surface area contributed by atoms with Gasteiger partial charge in [0.1, 0.15) is 6.10 Å². The minimum absolute atomic E-state index is 0.272. The highest BCUT2D eigenvalue weighted by Crippen LogP contribution is 2.51. The van der Waals surface area contributed by atoms with E-state index < -0.39 is 17.2 Å². The second kappa shape index (κ2) is 8.12. The predicted octanol–water partition coefficient (Wildman–Crippen LogP) is 3.47. The van der Waals surface area contributed by atoms with Gasteiger partial charge in [0.05, 0.1) is 13.2 Å². The van der Waals surface area contributed by atoms with Crippen LogP contribution >= 0.6 is 0 Å². The number of carboxylic acids is 1. The molecule has 0 radical (unpaired) electrons. The van der Waals surface area contributed by atoms with E-state index in [0.29, 0.717) is 19.6 Å². The summed E-state index contributed by atoms with van der Waals surface area (Å²) in [4.78, 5) is 22.6. The van der Waals surface area contributed by atoms with Crippen LogP contribution in [-0.4, -0.2) is 35.9 Å². The van der Waals surface area contributed by atoms with E-state index in [-0.39, 0.29) is 12.1 Å². The Morgan fingerprint density at radius 2 is 1.64 bits per heavy atom. The van der Waals surface area contributed by atoms with E-state index in [0.717, 1.165) is 11.1 Å². The molecule has 0 spiro atoms. The lowest BCUT2D eigenvalue weighted by Crippen LogP contribution is -2.24. The van der Waals surface area contributed by atoms with Gasteiger partial charge in [-0.2, -0.15) is 0 Å². The molecule has 28 heavy (non-hydrogen) atoms. The molecule has 2 aromatic carbocycles. The molecular weight excluding hydrogens is 360 g/mol. The second-order valence-corrected chi connectivity index (χ2v) is 6.66. The first kappa shape index (κ1) is 20.0. The predicted molar refractivity (Wildman–Crippen MR) is 102 cm³/mol. The molecule has 2 saturated heterocycles. The molecule has 2 heterocycles. The second-order valence-electron chi connectivity index (χ2n) is 6.66. The average Bonchev–Trinajstić information content (AvgIpc) is 3.64. The lowest BCUT2D eigenvalue weighted by Gasteiger charge is -2.10. The maximum absolute atomic E-state index is 11.6. The highest BCUT2D eigenvalue weighted by atomic mass is 16.6. The van der Waals surface area contributed by atoms with Gasteiger partial charge in [0.2, 0.25) is 5.60 Å². The third-order valence-electron chi connectivity index (χ3n) is 4.96. The van der Waals surface area contributed by atoms with Gasteiger partial charge in [-0.15, -0.1) is 0 Å². The standard InChI is InChI=1S/2C11H12O3/c1-2-13-10(12)11(8-14-11)9-6-4-3-5-7-9;1-2-11(10(12)13)9(14-11)8-6-4-3-5-7-8/h3-7H,2,8H2,1H3;3-7,9H,2H2,1H3,(H,12,13). The van der Waals surface area contributed by atoms with Crippen molar-refractivity contribution in [1.82, 2.24) is 0 Å². The van der Waals surface area contributed by atoms with Crippen molar-refractivity contribution in [2.24, 2.45) is 0 Å². The largest absolute Gasteiger partial charge is 0.479 e. The Morgan fingerprint density at radius 3 is 2.07 bits per heavy atom. The number of hydrogen-bond acceptors (Lipinski definition) is 5. The summed E-state index contributed by atoms with van der Waals surface area (Å²) in [5, 5.41) is 9.01. The number of benzene rings is 2. The SMILES string of the molecule is CCC1(C(=O)O)OC1c1ccccc1.CCOC(=O)C1(c2ccccc2)CO1. The third kappa shape index (κ3) is 3.79.